The van der Waals surface area contributed by atoms with E-state index in [1.807, 2.05) is 0 Å². The number of aliphatic hydroxyl groups excluding tert-OH is 1. The lowest BCUT2D eigenvalue weighted by molar-refractivity contribution is -0.137. The third kappa shape index (κ3) is 4.78. The third-order valence-corrected chi connectivity index (χ3v) is 0.781. The number of rotatable bonds is 3. The lowest BCUT2D eigenvalue weighted by Crippen LogP contribution is -2.05. The molecular formula is C5H7NO3. The van der Waals surface area contributed by atoms with E-state index in [0.717, 1.165) is 0 Å². The fourth-order valence-corrected chi connectivity index (χ4v) is 0.325. The largest absolute Gasteiger partial charge is 0.481 e. The Bertz CT molecular complexity index is 138. The van der Waals surface area contributed by atoms with Crippen molar-refractivity contribution in [1.29, 1.82) is 5.26 Å². The van der Waals surface area contributed by atoms with Crippen LogP contribution >= 0.6 is 0 Å². The van der Waals surface area contributed by atoms with E-state index in [1.165, 1.54) is 6.07 Å². The summed E-state index contributed by atoms with van der Waals surface area (Å²) in [6.45, 7) is 0. The van der Waals surface area contributed by atoms with Gasteiger partial charge in [-0.1, -0.05) is 0 Å². The van der Waals surface area contributed by atoms with Crippen molar-refractivity contribution in [2.24, 2.45) is 0 Å². The van der Waals surface area contributed by atoms with Crippen LogP contribution in [-0.2, 0) is 4.79 Å². The van der Waals surface area contributed by atoms with Gasteiger partial charge in [0.2, 0.25) is 0 Å². The maximum Gasteiger partial charge on any atom is 0.303 e. The van der Waals surface area contributed by atoms with Crippen LogP contribution in [-0.4, -0.2) is 22.3 Å². The van der Waals surface area contributed by atoms with Crippen molar-refractivity contribution in [1.82, 2.24) is 0 Å². The Morgan fingerprint density at radius 3 is 2.67 bits per heavy atom. The Morgan fingerprint density at radius 1 is 1.78 bits per heavy atom. The average molecular weight is 129 g/mol. The molecule has 0 aromatic rings. The maximum absolute atomic E-state index is 9.80. The van der Waals surface area contributed by atoms with Gasteiger partial charge in [0, 0.05) is 6.42 Å². The molecular weight excluding hydrogens is 122 g/mol. The summed E-state index contributed by atoms with van der Waals surface area (Å²) < 4.78 is 0. The van der Waals surface area contributed by atoms with Gasteiger partial charge in [-0.2, -0.15) is 5.26 Å². The molecule has 0 heterocycles. The highest BCUT2D eigenvalue weighted by molar-refractivity contribution is 5.66. The number of hydrogen-bond donors (Lipinski definition) is 2. The normalized spacial score (nSPS) is 12.0. The number of carboxylic acids is 1. The van der Waals surface area contributed by atoms with Gasteiger partial charge in [0.15, 0.2) is 0 Å². The van der Waals surface area contributed by atoms with Crippen LogP contribution in [0, 0.1) is 11.3 Å². The van der Waals surface area contributed by atoms with Gasteiger partial charge in [-0.25, -0.2) is 0 Å². The van der Waals surface area contributed by atoms with Crippen molar-refractivity contribution in [2.45, 2.75) is 18.9 Å². The van der Waals surface area contributed by atoms with Crippen molar-refractivity contribution >= 4 is 5.97 Å². The smallest absolute Gasteiger partial charge is 0.303 e. The molecule has 0 radical (unpaired) electrons. The van der Waals surface area contributed by atoms with Crippen molar-refractivity contribution in [2.75, 3.05) is 0 Å². The van der Waals surface area contributed by atoms with Crippen LogP contribution in [0.4, 0.5) is 0 Å². The summed E-state index contributed by atoms with van der Waals surface area (Å²) in [5.41, 5.74) is 0. The molecule has 0 aliphatic rings. The first-order chi connectivity index (χ1) is 4.16. The lowest BCUT2D eigenvalue weighted by atomic mass is 10.2. The molecule has 9 heavy (non-hydrogen) atoms. The van der Waals surface area contributed by atoms with E-state index < -0.39 is 12.1 Å². The van der Waals surface area contributed by atoms with Crippen LogP contribution in [0.3, 0.4) is 0 Å². The minimum atomic E-state index is -1.14. The third-order valence-electron chi connectivity index (χ3n) is 0.781. The topological polar surface area (TPSA) is 81.3 Å². The van der Waals surface area contributed by atoms with Gasteiger partial charge in [-0.05, 0) is 6.42 Å². The van der Waals surface area contributed by atoms with Crippen molar-refractivity contribution < 1.29 is 15.0 Å². The second-order valence-electron chi connectivity index (χ2n) is 1.58. The van der Waals surface area contributed by atoms with E-state index in [2.05, 4.69) is 0 Å². The number of carbonyl (C=O) groups is 1. The molecule has 1 atom stereocenters. The second-order valence-corrected chi connectivity index (χ2v) is 1.58. The second kappa shape index (κ2) is 3.87. The SMILES string of the molecule is N#C[C@@H](O)CCC(=O)O. The molecule has 4 nitrogen and oxygen atoms in total. The van der Waals surface area contributed by atoms with Gasteiger partial charge in [0.1, 0.15) is 6.10 Å². The van der Waals surface area contributed by atoms with E-state index in [1.54, 1.807) is 0 Å². The van der Waals surface area contributed by atoms with Crippen molar-refractivity contribution in [3.05, 3.63) is 0 Å². The highest BCUT2D eigenvalue weighted by Gasteiger charge is 2.03. The van der Waals surface area contributed by atoms with Crippen LogP contribution in [0.15, 0.2) is 0 Å². The number of nitriles is 1. The molecule has 0 spiro atoms. The molecule has 0 aliphatic heterocycles. The number of carboxylic acid groups (broad SMARTS) is 1. The Kier molecular flexibility index (Phi) is 3.40. The Hall–Kier alpha value is -1.08. The minimum absolute atomic E-state index is 0.00579. The minimum Gasteiger partial charge on any atom is -0.481 e. The van der Waals surface area contributed by atoms with Crippen LogP contribution in [0.1, 0.15) is 12.8 Å². The molecule has 0 aliphatic carbocycles. The van der Waals surface area contributed by atoms with Gasteiger partial charge in [0.05, 0.1) is 6.07 Å². The van der Waals surface area contributed by atoms with Crippen LogP contribution in [0.5, 0.6) is 0 Å². The Morgan fingerprint density at radius 2 is 2.33 bits per heavy atom. The molecule has 0 aromatic carbocycles. The molecule has 4 heteroatoms. The average Bonchev–Trinajstić information content (AvgIpc) is 1.83. The molecule has 0 fully saturated rings. The van der Waals surface area contributed by atoms with Gasteiger partial charge in [0.25, 0.3) is 0 Å². The number of aliphatic hydroxyl groups is 1. The van der Waals surface area contributed by atoms with E-state index in [9.17, 15) is 4.79 Å². The highest BCUT2D eigenvalue weighted by Crippen LogP contribution is 1.93. The molecule has 0 amide bonds. The van der Waals surface area contributed by atoms with E-state index in [0.29, 0.717) is 0 Å². The number of aliphatic carboxylic acids is 1. The molecule has 0 saturated heterocycles. The number of nitrogens with zero attached hydrogens (tertiary/aromatic N) is 1. The van der Waals surface area contributed by atoms with Crippen LogP contribution in [0.2, 0.25) is 0 Å². The first-order valence-corrected chi connectivity index (χ1v) is 2.46. The predicted molar refractivity (Wildman–Crippen MR) is 28.5 cm³/mol. The van der Waals surface area contributed by atoms with E-state index >= 15 is 0 Å². The van der Waals surface area contributed by atoms with E-state index in [4.69, 9.17) is 15.5 Å². The number of hydrogen-bond acceptors (Lipinski definition) is 3. The summed E-state index contributed by atoms with van der Waals surface area (Å²) >= 11 is 0. The zero-order chi connectivity index (χ0) is 7.28. The van der Waals surface area contributed by atoms with Crippen molar-refractivity contribution in [3.8, 4) is 6.07 Å². The molecule has 0 rings (SSSR count). The summed E-state index contributed by atoms with van der Waals surface area (Å²) in [6, 6.07) is 1.51. The fourth-order valence-electron chi connectivity index (χ4n) is 0.325. The summed E-state index contributed by atoms with van der Waals surface area (Å²) in [4.78, 5) is 9.80. The van der Waals surface area contributed by atoms with Crippen LogP contribution in [0.25, 0.3) is 0 Å². The Balaban J connectivity index is 3.30. The summed E-state index contributed by atoms with van der Waals surface area (Å²) in [5, 5.41) is 24.5. The lowest BCUT2D eigenvalue weighted by Gasteiger charge is -1.94. The molecule has 0 bridgehead atoms. The molecule has 0 saturated carbocycles. The quantitative estimate of drug-likeness (QED) is 0.514. The first-order valence-electron chi connectivity index (χ1n) is 2.46. The summed E-state index contributed by atoms with van der Waals surface area (Å²) in [7, 11) is 0. The van der Waals surface area contributed by atoms with Gasteiger partial charge < -0.3 is 10.2 Å². The monoisotopic (exact) mass is 129 g/mol. The molecule has 2 N–H and O–H groups in total. The molecule has 0 unspecified atom stereocenters. The van der Waals surface area contributed by atoms with Crippen LogP contribution < -0.4 is 0 Å². The summed E-state index contributed by atoms with van der Waals surface area (Å²) in [5.74, 6) is -0.996. The zero-order valence-corrected chi connectivity index (χ0v) is 4.74. The van der Waals surface area contributed by atoms with Gasteiger partial charge >= 0.3 is 5.97 Å². The van der Waals surface area contributed by atoms with Crippen molar-refractivity contribution in [3.63, 3.8) is 0 Å². The standard InChI is InChI=1S/C5H7NO3/c6-3-4(7)1-2-5(8)9/h4,7H,1-2H2,(H,8,9)/t4-/m0/s1. The highest BCUT2D eigenvalue weighted by atomic mass is 16.4. The molecule has 50 valence electrons. The van der Waals surface area contributed by atoms with E-state index in [-0.39, 0.29) is 12.8 Å². The van der Waals surface area contributed by atoms with Gasteiger partial charge in [-0.3, -0.25) is 4.79 Å². The van der Waals surface area contributed by atoms with Gasteiger partial charge in [-0.15, -0.1) is 0 Å². The predicted octanol–water partition coefficient (Wildman–Crippen LogP) is -0.264. The first kappa shape index (κ1) is 7.92. The molecule has 0 aromatic heterocycles. The zero-order valence-electron chi connectivity index (χ0n) is 4.74. The maximum atomic E-state index is 9.80. The fraction of sp³-hybridized carbons (Fsp3) is 0.600. The Labute approximate surface area is 52.3 Å². The summed E-state index contributed by atoms with van der Waals surface area (Å²) in [6.07, 6.45) is -1.29.